The number of rotatable bonds is 5. The fraction of sp³-hybridized carbons (Fsp3) is 0.231. The fourth-order valence-electron chi connectivity index (χ4n) is 3.65. The fourth-order valence-corrected chi connectivity index (χ4v) is 4.45. The molecule has 6 heteroatoms. The first-order chi connectivity index (χ1) is 15.2. The number of hydrogen-bond donors (Lipinski definition) is 0. The van der Waals surface area contributed by atoms with Gasteiger partial charge in [0.15, 0.2) is 5.06 Å². The van der Waals surface area contributed by atoms with Crippen LogP contribution < -0.4 is 4.74 Å². The van der Waals surface area contributed by atoms with Crippen LogP contribution in [0.25, 0.3) is 17.2 Å². The second-order valence-corrected chi connectivity index (χ2v) is 9.23. The Morgan fingerprint density at radius 3 is 2.28 bits per heavy atom. The van der Waals surface area contributed by atoms with Crippen LogP contribution in [0.2, 0.25) is 0 Å². The Morgan fingerprint density at radius 2 is 1.59 bits per heavy atom. The summed E-state index contributed by atoms with van der Waals surface area (Å²) in [6.07, 6.45) is 1.47. The molecule has 0 radical (unpaired) electrons. The lowest BCUT2D eigenvalue weighted by molar-refractivity contribution is -0.222. The molecule has 1 aliphatic rings. The van der Waals surface area contributed by atoms with Gasteiger partial charge in [-0.05, 0) is 65.9 Å². The smallest absolute Gasteiger partial charge is 0.348 e. The van der Waals surface area contributed by atoms with Crippen molar-refractivity contribution in [3.63, 3.8) is 0 Å². The van der Waals surface area contributed by atoms with Gasteiger partial charge in [-0.25, -0.2) is 9.59 Å². The number of esters is 2. The van der Waals surface area contributed by atoms with Crippen LogP contribution in [0.4, 0.5) is 0 Å². The molecule has 1 aromatic heterocycles. The maximum absolute atomic E-state index is 12.1. The third kappa shape index (κ3) is 4.75. The zero-order chi connectivity index (χ0) is 22.9. The average molecular weight is 449 g/mol. The van der Waals surface area contributed by atoms with Crippen molar-refractivity contribution < 1.29 is 23.8 Å². The van der Waals surface area contributed by atoms with Gasteiger partial charge in [0.25, 0.3) is 5.79 Å². The van der Waals surface area contributed by atoms with Crippen LogP contribution in [-0.4, -0.2) is 17.7 Å². The molecular weight excluding hydrogens is 424 g/mol. The van der Waals surface area contributed by atoms with E-state index in [2.05, 4.69) is 44.2 Å². The minimum Gasteiger partial charge on any atom is -0.479 e. The largest absolute Gasteiger partial charge is 0.479 e. The van der Waals surface area contributed by atoms with Gasteiger partial charge in [-0.2, -0.15) is 0 Å². The SMILES string of the molecule is Cc1cccc(C)c1-c1cccc(COc2ccc(C=C3C(=O)OC(C)(C)OC3=O)s2)c1. The second-order valence-electron chi connectivity index (χ2n) is 8.15. The third-order valence-electron chi connectivity index (χ3n) is 5.08. The van der Waals surface area contributed by atoms with Crippen molar-refractivity contribution >= 4 is 29.4 Å². The Balaban J connectivity index is 1.46. The number of thiophene rings is 1. The first-order valence-electron chi connectivity index (χ1n) is 10.3. The number of carbonyl (C=O) groups is 2. The highest BCUT2D eigenvalue weighted by molar-refractivity contribution is 7.14. The van der Waals surface area contributed by atoms with Gasteiger partial charge in [-0.15, -0.1) is 0 Å². The van der Waals surface area contributed by atoms with Crippen molar-refractivity contribution in [3.05, 3.63) is 81.7 Å². The van der Waals surface area contributed by atoms with Gasteiger partial charge in [-0.3, -0.25) is 0 Å². The number of carbonyl (C=O) groups excluding carboxylic acids is 2. The van der Waals surface area contributed by atoms with E-state index in [0.29, 0.717) is 16.5 Å². The maximum atomic E-state index is 12.1. The highest BCUT2D eigenvalue weighted by Crippen LogP contribution is 2.31. The summed E-state index contributed by atoms with van der Waals surface area (Å²) in [5, 5.41) is 0.687. The zero-order valence-corrected chi connectivity index (χ0v) is 19.2. The van der Waals surface area contributed by atoms with E-state index in [9.17, 15) is 9.59 Å². The lowest BCUT2D eigenvalue weighted by atomic mass is 9.95. The minimum absolute atomic E-state index is 0.126. The number of benzene rings is 2. The molecule has 32 heavy (non-hydrogen) atoms. The number of ether oxygens (including phenoxy) is 3. The van der Waals surface area contributed by atoms with E-state index in [1.54, 1.807) is 6.07 Å². The number of hydrogen-bond acceptors (Lipinski definition) is 6. The summed E-state index contributed by atoms with van der Waals surface area (Å²) in [7, 11) is 0. The van der Waals surface area contributed by atoms with Crippen LogP contribution >= 0.6 is 11.3 Å². The topological polar surface area (TPSA) is 61.8 Å². The van der Waals surface area contributed by atoms with E-state index < -0.39 is 17.7 Å². The minimum atomic E-state index is -1.25. The molecule has 2 heterocycles. The van der Waals surface area contributed by atoms with Crippen molar-refractivity contribution in [2.24, 2.45) is 0 Å². The molecule has 0 N–H and O–H groups in total. The summed E-state index contributed by atoms with van der Waals surface area (Å²) in [6, 6.07) is 18.2. The Morgan fingerprint density at radius 1 is 0.938 bits per heavy atom. The Bertz CT molecular complexity index is 1180. The first kappa shape index (κ1) is 21.8. The van der Waals surface area contributed by atoms with Gasteiger partial charge < -0.3 is 14.2 Å². The van der Waals surface area contributed by atoms with E-state index in [0.717, 1.165) is 11.1 Å². The second kappa shape index (κ2) is 8.63. The molecule has 1 saturated heterocycles. The molecule has 0 unspecified atom stereocenters. The lowest BCUT2D eigenvalue weighted by Gasteiger charge is -2.29. The molecule has 0 aliphatic carbocycles. The standard InChI is InChI=1S/C26H24O5S/c1-16-7-5-8-17(2)23(16)19-10-6-9-18(13-19)15-29-22-12-11-20(32-22)14-21-24(27)30-26(3,4)31-25(21)28/h5-14H,15H2,1-4H3. The highest BCUT2D eigenvalue weighted by atomic mass is 32.1. The quantitative estimate of drug-likeness (QED) is 0.279. The van der Waals surface area contributed by atoms with Crippen LogP contribution in [0.15, 0.2) is 60.2 Å². The van der Waals surface area contributed by atoms with E-state index in [1.807, 2.05) is 18.2 Å². The zero-order valence-electron chi connectivity index (χ0n) is 18.4. The normalized spacial score (nSPS) is 15.2. The molecule has 5 nitrogen and oxygen atoms in total. The van der Waals surface area contributed by atoms with Crippen LogP contribution in [-0.2, 0) is 25.7 Å². The van der Waals surface area contributed by atoms with Crippen LogP contribution in [0.3, 0.4) is 0 Å². The summed E-state index contributed by atoms with van der Waals surface area (Å²) < 4.78 is 16.2. The molecule has 4 rings (SSSR count). The van der Waals surface area contributed by atoms with Crippen molar-refractivity contribution in [3.8, 4) is 16.2 Å². The van der Waals surface area contributed by atoms with Gasteiger partial charge in [0, 0.05) is 18.7 Å². The Hall–Kier alpha value is -3.38. The molecule has 0 bridgehead atoms. The molecule has 1 fully saturated rings. The van der Waals surface area contributed by atoms with E-state index in [4.69, 9.17) is 14.2 Å². The summed E-state index contributed by atoms with van der Waals surface area (Å²) in [5.74, 6) is -2.63. The Kier molecular flexibility index (Phi) is 5.89. The van der Waals surface area contributed by atoms with Gasteiger partial charge >= 0.3 is 11.9 Å². The molecule has 0 amide bonds. The average Bonchev–Trinajstić information content (AvgIpc) is 3.16. The maximum Gasteiger partial charge on any atom is 0.348 e. The number of cyclic esters (lactones) is 2. The molecule has 0 spiro atoms. The lowest BCUT2D eigenvalue weighted by Crippen LogP contribution is -2.41. The van der Waals surface area contributed by atoms with Gasteiger partial charge in [-0.1, -0.05) is 47.7 Å². The van der Waals surface area contributed by atoms with E-state index >= 15 is 0 Å². The first-order valence-corrected chi connectivity index (χ1v) is 11.1. The van der Waals surface area contributed by atoms with Crippen LogP contribution in [0, 0.1) is 13.8 Å². The van der Waals surface area contributed by atoms with Gasteiger partial charge in [0.05, 0.1) is 0 Å². The summed E-state index contributed by atoms with van der Waals surface area (Å²) >= 11 is 1.34. The van der Waals surface area contributed by atoms with E-state index in [-0.39, 0.29) is 5.57 Å². The molecule has 164 valence electrons. The molecule has 3 aromatic rings. The Labute approximate surface area is 191 Å². The molecule has 0 atom stereocenters. The monoisotopic (exact) mass is 448 g/mol. The predicted octanol–water partition coefficient (Wildman–Crippen LogP) is 5.83. The van der Waals surface area contributed by atoms with Crippen molar-refractivity contribution in [2.45, 2.75) is 40.1 Å². The van der Waals surface area contributed by atoms with Crippen LogP contribution in [0.1, 0.15) is 35.4 Å². The molecule has 1 aliphatic heterocycles. The number of aryl methyl sites for hydroxylation is 2. The summed E-state index contributed by atoms with van der Waals surface area (Å²) in [4.78, 5) is 24.9. The third-order valence-corrected chi connectivity index (χ3v) is 6.03. The molecular formula is C26H24O5S. The summed E-state index contributed by atoms with van der Waals surface area (Å²) in [5.41, 5.74) is 5.81. The molecule has 2 aromatic carbocycles. The van der Waals surface area contributed by atoms with Gasteiger partial charge in [0.1, 0.15) is 12.2 Å². The van der Waals surface area contributed by atoms with E-state index in [1.165, 1.54) is 48.0 Å². The van der Waals surface area contributed by atoms with Crippen LogP contribution in [0.5, 0.6) is 5.06 Å². The predicted molar refractivity (Wildman–Crippen MR) is 124 cm³/mol. The highest BCUT2D eigenvalue weighted by Gasteiger charge is 2.38. The van der Waals surface area contributed by atoms with Gasteiger partial charge in [0.2, 0.25) is 0 Å². The molecule has 0 saturated carbocycles. The van der Waals surface area contributed by atoms with Crippen molar-refractivity contribution in [2.75, 3.05) is 0 Å². The summed E-state index contributed by atoms with van der Waals surface area (Å²) in [6.45, 7) is 7.68. The van der Waals surface area contributed by atoms with Crippen molar-refractivity contribution in [1.29, 1.82) is 0 Å². The van der Waals surface area contributed by atoms with Crippen molar-refractivity contribution in [1.82, 2.24) is 0 Å².